The topological polar surface area (TPSA) is 23.6 Å². The summed E-state index contributed by atoms with van der Waals surface area (Å²) in [5, 5.41) is 1.95. The van der Waals surface area contributed by atoms with Crippen LogP contribution in [-0.2, 0) is 0 Å². The summed E-state index contributed by atoms with van der Waals surface area (Å²) in [4.78, 5) is 17.6. The summed E-state index contributed by atoms with van der Waals surface area (Å²) in [6, 6.07) is 1.94. The highest BCUT2D eigenvalue weighted by Crippen LogP contribution is 2.23. The van der Waals surface area contributed by atoms with Gasteiger partial charge in [0.2, 0.25) is 0 Å². The van der Waals surface area contributed by atoms with Gasteiger partial charge in [-0.15, -0.1) is 11.3 Å². The SMILES string of the molecule is CCN1CCN(CC(=O)c2sccc2Br)CC1. The minimum Gasteiger partial charge on any atom is -0.301 e. The summed E-state index contributed by atoms with van der Waals surface area (Å²) in [5.74, 6) is 0.233. The Kier molecular flexibility index (Phi) is 4.73. The average molecular weight is 317 g/mol. The Hall–Kier alpha value is -0.230. The summed E-state index contributed by atoms with van der Waals surface area (Å²) in [6.45, 7) is 8.01. The predicted octanol–water partition coefficient (Wildman–Crippen LogP) is 2.33. The van der Waals surface area contributed by atoms with Gasteiger partial charge in [0.05, 0.1) is 11.4 Å². The van der Waals surface area contributed by atoms with E-state index in [2.05, 4.69) is 32.7 Å². The van der Waals surface area contributed by atoms with E-state index in [1.165, 1.54) is 11.3 Å². The first kappa shape index (κ1) is 13.2. The minimum absolute atomic E-state index is 0.233. The smallest absolute Gasteiger partial charge is 0.187 e. The second kappa shape index (κ2) is 6.09. The number of Topliss-reactive ketones (excluding diaryl/α,β-unsaturated/α-hetero) is 1. The van der Waals surface area contributed by atoms with Crippen molar-refractivity contribution in [1.82, 2.24) is 9.80 Å². The zero-order valence-corrected chi connectivity index (χ0v) is 12.4. The first-order valence-electron chi connectivity index (χ1n) is 5.91. The van der Waals surface area contributed by atoms with Crippen LogP contribution in [0.2, 0.25) is 0 Å². The fourth-order valence-corrected chi connectivity index (χ4v) is 3.56. The van der Waals surface area contributed by atoms with Crippen LogP contribution in [0.5, 0.6) is 0 Å². The van der Waals surface area contributed by atoms with Crippen LogP contribution in [-0.4, -0.2) is 54.9 Å². The van der Waals surface area contributed by atoms with Gasteiger partial charge in [-0.2, -0.15) is 0 Å². The molecule has 0 saturated carbocycles. The number of carbonyl (C=O) groups is 1. The fourth-order valence-electron chi connectivity index (χ4n) is 2.03. The van der Waals surface area contributed by atoms with Crippen LogP contribution in [0.3, 0.4) is 0 Å². The molecule has 1 aliphatic rings. The third kappa shape index (κ3) is 3.37. The lowest BCUT2D eigenvalue weighted by Gasteiger charge is -2.33. The maximum absolute atomic E-state index is 12.1. The maximum Gasteiger partial charge on any atom is 0.187 e. The highest BCUT2D eigenvalue weighted by atomic mass is 79.9. The number of piperazine rings is 1. The monoisotopic (exact) mass is 316 g/mol. The van der Waals surface area contributed by atoms with Crippen molar-refractivity contribution >= 4 is 33.0 Å². The molecule has 0 spiro atoms. The van der Waals surface area contributed by atoms with Crippen molar-refractivity contribution in [3.63, 3.8) is 0 Å². The van der Waals surface area contributed by atoms with E-state index in [9.17, 15) is 4.79 Å². The molecular weight excluding hydrogens is 300 g/mol. The van der Waals surface area contributed by atoms with E-state index >= 15 is 0 Å². The molecule has 1 fully saturated rings. The second-order valence-electron chi connectivity index (χ2n) is 4.23. The molecule has 5 heteroatoms. The molecule has 0 amide bonds. The van der Waals surface area contributed by atoms with E-state index in [-0.39, 0.29) is 5.78 Å². The van der Waals surface area contributed by atoms with Gasteiger partial charge in [-0.25, -0.2) is 0 Å². The van der Waals surface area contributed by atoms with E-state index < -0.39 is 0 Å². The Morgan fingerprint density at radius 1 is 1.35 bits per heavy atom. The second-order valence-corrected chi connectivity index (χ2v) is 6.00. The fraction of sp³-hybridized carbons (Fsp3) is 0.583. The zero-order valence-electron chi connectivity index (χ0n) is 9.99. The molecule has 0 aromatic carbocycles. The van der Waals surface area contributed by atoms with Crippen molar-refractivity contribution in [2.75, 3.05) is 39.3 Å². The quantitative estimate of drug-likeness (QED) is 0.797. The van der Waals surface area contributed by atoms with Crippen molar-refractivity contribution in [3.8, 4) is 0 Å². The summed E-state index contributed by atoms with van der Waals surface area (Å²) in [7, 11) is 0. The minimum atomic E-state index is 0.233. The van der Waals surface area contributed by atoms with Gasteiger partial charge in [-0.3, -0.25) is 9.69 Å². The molecular formula is C12H17BrN2OS. The maximum atomic E-state index is 12.1. The van der Waals surface area contributed by atoms with Crippen molar-refractivity contribution in [2.45, 2.75) is 6.92 Å². The van der Waals surface area contributed by atoms with Gasteiger partial charge in [0.1, 0.15) is 0 Å². The molecule has 1 saturated heterocycles. The molecule has 0 unspecified atom stereocenters. The number of halogens is 1. The molecule has 0 atom stereocenters. The summed E-state index contributed by atoms with van der Waals surface area (Å²) < 4.78 is 0.930. The molecule has 2 rings (SSSR count). The van der Waals surface area contributed by atoms with E-state index in [0.717, 1.165) is 42.1 Å². The molecule has 3 nitrogen and oxygen atoms in total. The molecule has 1 aromatic rings. The molecule has 1 aliphatic heterocycles. The van der Waals surface area contributed by atoms with Gasteiger partial charge in [0.25, 0.3) is 0 Å². The Balaban J connectivity index is 1.86. The Labute approximate surface area is 115 Å². The van der Waals surface area contributed by atoms with Crippen LogP contribution < -0.4 is 0 Å². The van der Waals surface area contributed by atoms with Crippen LogP contribution in [0, 0.1) is 0 Å². The van der Waals surface area contributed by atoms with Crippen molar-refractivity contribution in [2.24, 2.45) is 0 Å². The number of hydrogen-bond donors (Lipinski definition) is 0. The first-order chi connectivity index (χ1) is 8.20. The number of thiophene rings is 1. The number of ketones is 1. The van der Waals surface area contributed by atoms with Gasteiger partial charge in [0, 0.05) is 30.7 Å². The van der Waals surface area contributed by atoms with Crippen molar-refractivity contribution in [1.29, 1.82) is 0 Å². The predicted molar refractivity (Wildman–Crippen MR) is 74.9 cm³/mol. The van der Waals surface area contributed by atoms with E-state index in [1.54, 1.807) is 0 Å². The Morgan fingerprint density at radius 2 is 2.00 bits per heavy atom. The summed E-state index contributed by atoms with van der Waals surface area (Å²) >= 11 is 4.93. The number of rotatable bonds is 4. The van der Waals surface area contributed by atoms with Crippen molar-refractivity contribution < 1.29 is 4.79 Å². The third-order valence-corrected chi connectivity index (χ3v) is 5.03. The van der Waals surface area contributed by atoms with Gasteiger partial charge in [0.15, 0.2) is 5.78 Å². The molecule has 0 N–H and O–H groups in total. The summed E-state index contributed by atoms with van der Waals surface area (Å²) in [5.41, 5.74) is 0. The first-order valence-corrected chi connectivity index (χ1v) is 7.59. The van der Waals surface area contributed by atoms with Crippen LogP contribution in [0.1, 0.15) is 16.6 Å². The Morgan fingerprint density at radius 3 is 2.53 bits per heavy atom. The zero-order chi connectivity index (χ0) is 12.3. The third-order valence-electron chi connectivity index (χ3n) is 3.15. The number of likely N-dealkylation sites (N-methyl/N-ethyl adjacent to an activating group) is 1. The normalized spacial score (nSPS) is 18.5. The standard InChI is InChI=1S/C12H17BrN2OS/c1-2-14-4-6-15(7-5-14)9-11(16)12-10(13)3-8-17-12/h3,8H,2,4-7,9H2,1H3. The lowest BCUT2D eigenvalue weighted by Crippen LogP contribution is -2.47. The van der Waals surface area contributed by atoms with Gasteiger partial charge < -0.3 is 4.90 Å². The molecule has 17 heavy (non-hydrogen) atoms. The molecule has 0 bridgehead atoms. The number of hydrogen-bond acceptors (Lipinski definition) is 4. The number of nitrogens with zero attached hydrogens (tertiary/aromatic N) is 2. The average Bonchev–Trinajstić information content (AvgIpc) is 2.76. The van der Waals surface area contributed by atoms with Crippen molar-refractivity contribution in [3.05, 3.63) is 20.8 Å². The van der Waals surface area contributed by atoms with Crippen LogP contribution in [0.4, 0.5) is 0 Å². The highest BCUT2D eigenvalue weighted by molar-refractivity contribution is 9.10. The van der Waals surface area contributed by atoms with Crippen LogP contribution in [0.25, 0.3) is 0 Å². The largest absolute Gasteiger partial charge is 0.301 e. The lowest BCUT2D eigenvalue weighted by atomic mass is 10.2. The van der Waals surface area contributed by atoms with E-state index in [0.29, 0.717) is 6.54 Å². The molecule has 1 aromatic heterocycles. The number of carbonyl (C=O) groups excluding carboxylic acids is 1. The van der Waals surface area contributed by atoms with Gasteiger partial charge >= 0.3 is 0 Å². The van der Waals surface area contributed by atoms with E-state index in [4.69, 9.17) is 0 Å². The van der Waals surface area contributed by atoms with E-state index in [1.807, 2.05) is 11.4 Å². The van der Waals surface area contributed by atoms with Crippen LogP contribution >= 0.6 is 27.3 Å². The summed E-state index contributed by atoms with van der Waals surface area (Å²) in [6.07, 6.45) is 0. The molecule has 0 aliphatic carbocycles. The Bertz CT molecular complexity index is 386. The molecule has 2 heterocycles. The highest BCUT2D eigenvalue weighted by Gasteiger charge is 2.20. The lowest BCUT2D eigenvalue weighted by molar-refractivity contribution is 0.0862. The van der Waals surface area contributed by atoms with Gasteiger partial charge in [-0.05, 0) is 33.9 Å². The molecule has 0 radical (unpaired) electrons. The molecule has 94 valence electrons. The van der Waals surface area contributed by atoms with Gasteiger partial charge in [-0.1, -0.05) is 6.92 Å². The van der Waals surface area contributed by atoms with Crippen LogP contribution in [0.15, 0.2) is 15.9 Å².